The molecule has 3 aliphatic rings. The van der Waals surface area contributed by atoms with E-state index in [0.717, 1.165) is 60.7 Å². The number of unbranched alkanes of at least 4 members (excludes halogenated alkanes) is 1. The van der Waals surface area contributed by atoms with Crippen LogP contribution < -0.4 is 10.5 Å². The first kappa shape index (κ1) is 23.9. The van der Waals surface area contributed by atoms with Crippen LogP contribution in [0.25, 0.3) is 11.0 Å². The quantitative estimate of drug-likeness (QED) is 0.490. The molecule has 1 amide bonds. The van der Waals surface area contributed by atoms with Crippen molar-refractivity contribution in [2.24, 2.45) is 5.73 Å². The van der Waals surface area contributed by atoms with Gasteiger partial charge in [-0.3, -0.25) is 4.98 Å². The van der Waals surface area contributed by atoms with E-state index >= 15 is 0 Å². The van der Waals surface area contributed by atoms with Crippen LogP contribution in [0, 0.1) is 0 Å². The Morgan fingerprint density at radius 1 is 1.25 bits per heavy atom. The summed E-state index contributed by atoms with van der Waals surface area (Å²) in [7, 11) is 1.59. The molecule has 9 nitrogen and oxygen atoms in total. The highest BCUT2D eigenvalue weighted by Crippen LogP contribution is 2.31. The van der Waals surface area contributed by atoms with Gasteiger partial charge in [-0.05, 0) is 55.4 Å². The summed E-state index contributed by atoms with van der Waals surface area (Å²) < 4.78 is 22.3. The Bertz CT molecular complexity index is 1250. The van der Waals surface area contributed by atoms with Gasteiger partial charge in [0.25, 0.3) is 0 Å². The lowest BCUT2D eigenvalue weighted by Gasteiger charge is -2.23. The number of aromatic nitrogens is 2. The minimum Gasteiger partial charge on any atom is -0.481 e. The number of methoxy groups -OCH3 is 1. The number of pyridine rings is 2. The summed E-state index contributed by atoms with van der Waals surface area (Å²) in [5.41, 5.74) is 10.1. The van der Waals surface area contributed by atoms with Gasteiger partial charge in [0, 0.05) is 18.3 Å². The van der Waals surface area contributed by atoms with Crippen LogP contribution in [0.15, 0.2) is 72.4 Å². The Kier molecular flexibility index (Phi) is 7.18. The number of ether oxygens (including phenoxy) is 4. The van der Waals surface area contributed by atoms with Crippen LogP contribution in [-0.2, 0) is 14.2 Å². The molecule has 2 aromatic rings. The second-order valence-electron chi connectivity index (χ2n) is 8.96. The first-order valence-electron chi connectivity index (χ1n) is 12.3. The molecule has 0 bridgehead atoms. The van der Waals surface area contributed by atoms with Gasteiger partial charge in [-0.1, -0.05) is 24.6 Å². The number of amides is 1. The van der Waals surface area contributed by atoms with Crippen molar-refractivity contribution < 1.29 is 23.7 Å². The maximum absolute atomic E-state index is 12.5. The van der Waals surface area contributed by atoms with Gasteiger partial charge in [-0.15, -0.1) is 0 Å². The lowest BCUT2D eigenvalue weighted by atomic mass is 9.99. The smallest absolute Gasteiger partial charge is 0.417 e. The Hall–Kier alpha value is -3.85. The van der Waals surface area contributed by atoms with Crippen LogP contribution >= 0.6 is 0 Å². The summed E-state index contributed by atoms with van der Waals surface area (Å²) in [4.78, 5) is 22.9. The highest BCUT2D eigenvalue weighted by atomic mass is 16.6. The molecule has 0 radical (unpaired) electrons. The van der Waals surface area contributed by atoms with Gasteiger partial charge in [0.15, 0.2) is 12.0 Å². The zero-order valence-electron chi connectivity index (χ0n) is 20.3. The highest BCUT2D eigenvalue weighted by molar-refractivity contribution is 5.78. The molecule has 0 unspecified atom stereocenters. The van der Waals surface area contributed by atoms with Crippen LogP contribution in [0.2, 0.25) is 0 Å². The predicted molar refractivity (Wildman–Crippen MR) is 133 cm³/mol. The van der Waals surface area contributed by atoms with Crippen molar-refractivity contribution in [3.05, 3.63) is 77.9 Å². The summed E-state index contributed by atoms with van der Waals surface area (Å²) in [5, 5.41) is 0. The summed E-state index contributed by atoms with van der Waals surface area (Å²) >= 11 is 0. The molecule has 5 rings (SSSR count). The monoisotopic (exact) mass is 490 g/mol. The number of fused-ring (bicyclic) bond motifs is 1. The summed E-state index contributed by atoms with van der Waals surface area (Å²) in [5.74, 6) is 1.51. The zero-order valence-corrected chi connectivity index (χ0v) is 20.3. The van der Waals surface area contributed by atoms with Crippen LogP contribution in [0.5, 0.6) is 5.88 Å². The first-order chi connectivity index (χ1) is 17.6. The van der Waals surface area contributed by atoms with Gasteiger partial charge in [-0.2, -0.15) is 0 Å². The third kappa shape index (κ3) is 5.21. The maximum atomic E-state index is 12.5. The standard InChI is InChI=1S/C27H30N4O5/c1-33-24-12-11-22-26(30-24)20(13-14-29-22)21(28)10-6-5-9-19-15-31(27(32)35-19)25-17-34-16-23(36-25)18-7-3-2-4-8-18/h2-3,7,11-14,16-17,19,21H,4-6,8-10,15,28H2,1H3/t19-,21-/m0/s1. The number of hydrogen-bond acceptors (Lipinski definition) is 8. The largest absolute Gasteiger partial charge is 0.481 e. The number of allylic oxidation sites excluding steroid dienone is 4. The number of hydrogen-bond donors (Lipinski definition) is 1. The molecule has 9 heteroatoms. The molecule has 36 heavy (non-hydrogen) atoms. The van der Waals surface area contributed by atoms with E-state index in [9.17, 15) is 4.79 Å². The van der Waals surface area contributed by atoms with Gasteiger partial charge in [-0.25, -0.2) is 14.7 Å². The van der Waals surface area contributed by atoms with Gasteiger partial charge >= 0.3 is 6.09 Å². The number of nitrogens with zero attached hydrogens (tertiary/aromatic N) is 3. The molecular formula is C27H30N4O5. The lowest BCUT2D eigenvalue weighted by molar-refractivity contribution is 0.116. The van der Waals surface area contributed by atoms with Gasteiger partial charge < -0.3 is 24.7 Å². The van der Waals surface area contributed by atoms with Crippen LogP contribution in [-0.4, -0.2) is 40.7 Å². The fourth-order valence-corrected chi connectivity index (χ4v) is 4.57. The highest BCUT2D eigenvalue weighted by Gasteiger charge is 2.36. The fraction of sp³-hybridized carbons (Fsp3) is 0.370. The average Bonchev–Trinajstić information content (AvgIpc) is 3.31. The van der Waals surface area contributed by atoms with Crippen molar-refractivity contribution in [3.63, 3.8) is 0 Å². The van der Waals surface area contributed by atoms with Crippen molar-refractivity contribution in [1.29, 1.82) is 0 Å². The van der Waals surface area contributed by atoms with Crippen LogP contribution in [0.3, 0.4) is 0 Å². The predicted octanol–water partition coefficient (Wildman–Crippen LogP) is 4.98. The molecule has 4 heterocycles. The number of nitrogens with two attached hydrogens (primary N) is 1. The molecule has 0 saturated carbocycles. The van der Waals surface area contributed by atoms with Crippen LogP contribution in [0.4, 0.5) is 4.79 Å². The van der Waals surface area contributed by atoms with Crippen LogP contribution in [0.1, 0.15) is 50.1 Å². The zero-order chi connectivity index (χ0) is 24.9. The van der Waals surface area contributed by atoms with E-state index in [1.807, 2.05) is 24.3 Å². The SMILES string of the molecule is COc1ccc2nccc([C@@H](N)CCCC[C@H]3CN(C4=COC=C(C5=CC=CCC5)O4)C(=O)O3)c2n1. The third-order valence-corrected chi connectivity index (χ3v) is 6.52. The second kappa shape index (κ2) is 10.8. The van der Waals surface area contributed by atoms with Crippen molar-refractivity contribution >= 4 is 17.1 Å². The third-order valence-electron chi connectivity index (χ3n) is 6.52. The number of rotatable bonds is 9. The van der Waals surface area contributed by atoms with Crippen molar-refractivity contribution in [2.75, 3.05) is 13.7 Å². The molecule has 0 spiro atoms. The molecule has 2 aliphatic heterocycles. The second-order valence-corrected chi connectivity index (χ2v) is 8.96. The molecule has 2 aromatic heterocycles. The minimum absolute atomic E-state index is 0.176. The van der Waals surface area contributed by atoms with Gasteiger partial charge in [0.2, 0.25) is 11.8 Å². The Labute approximate surface area is 209 Å². The van der Waals surface area contributed by atoms with Gasteiger partial charge in [0.1, 0.15) is 12.4 Å². The molecule has 1 aliphatic carbocycles. The fourth-order valence-electron chi connectivity index (χ4n) is 4.57. The average molecular weight is 491 g/mol. The molecule has 1 saturated heterocycles. The van der Waals surface area contributed by atoms with Crippen molar-refractivity contribution in [2.45, 2.75) is 50.7 Å². The lowest BCUT2D eigenvalue weighted by Crippen LogP contribution is -2.27. The van der Waals surface area contributed by atoms with Crippen molar-refractivity contribution in [1.82, 2.24) is 14.9 Å². The number of cyclic esters (lactones) is 1. The summed E-state index contributed by atoms with van der Waals surface area (Å²) in [6, 6.07) is 5.41. The molecular weight excluding hydrogens is 460 g/mol. The molecule has 2 atom stereocenters. The molecule has 0 aromatic carbocycles. The molecule has 188 valence electrons. The van der Waals surface area contributed by atoms with E-state index in [1.165, 1.54) is 11.2 Å². The Morgan fingerprint density at radius 3 is 3.00 bits per heavy atom. The van der Waals surface area contributed by atoms with E-state index < -0.39 is 6.09 Å². The van der Waals surface area contributed by atoms with E-state index in [1.54, 1.807) is 25.6 Å². The molecule has 1 fully saturated rings. The first-order valence-corrected chi connectivity index (χ1v) is 12.3. The minimum atomic E-state index is -0.423. The Balaban J connectivity index is 1.11. The number of carbonyl (C=O) groups is 1. The van der Waals surface area contributed by atoms with E-state index in [2.05, 4.69) is 16.0 Å². The normalized spacial score (nSPS) is 20.2. The van der Waals surface area contributed by atoms with E-state index in [0.29, 0.717) is 24.1 Å². The van der Waals surface area contributed by atoms with Gasteiger partial charge in [0.05, 0.1) is 24.7 Å². The summed E-state index contributed by atoms with van der Waals surface area (Å²) in [6.07, 6.45) is 15.3. The number of carbonyl (C=O) groups excluding carboxylic acids is 1. The molecule has 2 N–H and O–H groups in total. The Morgan fingerprint density at radius 2 is 2.17 bits per heavy atom. The summed E-state index contributed by atoms with van der Waals surface area (Å²) in [6.45, 7) is 0.422. The topological polar surface area (TPSA) is 109 Å². The van der Waals surface area contributed by atoms with Crippen molar-refractivity contribution in [3.8, 4) is 5.88 Å². The van der Waals surface area contributed by atoms with E-state index in [4.69, 9.17) is 24.7 Å². The van der Waals surface area contributed by atoms with E-state index in [-0.39, 0.29) is 12.1 Å². The maximum Gasteiger partial charge on any atom is 0.417 e.